The third-order valence-corrected chi connectivity index (χ3v) is 3.49. The fraction of sp³-hybridized carbons (Fsp3) is 0.500. The molecular formula is C14H18ClF3N2O2. The minimum Gasteiger partial charge on any atom is -0.380 e. The van der Waals surface area contributed by atoms with Crippen molar-refractivity contribution in [2.75, 3.05) is 11.9 Å². The highest BCUT2D eigenvalue weighted by Crippen LogP contribution is 2.32. The molecule has 0 aromatic heterocycles. The molecule has 1 unspecified atom stereocenters. The van der Waals surface area contributed by atoms with Gasteiger partial charge >= 0.3 is 6.18 Å². The zero-order chi connectivity index (χ0) is 15.7. The topological polar surface area (TPSA) is 61.4 Å². The number of halogens is 4. The molecule has 0 aliphatic carbocycles. The monoisotopic (exact) mass is 338 g/mol. The molecule has 124 valence electrons. The molecule has 0 bridgehead atoms. The average molecular weight is 339 g/mol. The SMILES string of the molecule is CC(O)(CC(=O)Nc1ccc2c(c1)CCNC2)C(F)(F)F.Cl. The maximum Gasteiger partial charge on any atom is 0.417 e. The van der Waals surface area contributed by atoms with Crippen LogP contribution >= 0.6 is 12.4 Å². The number of hydrogen-bond acceptors (Lipinski definition) is 3. The molecule has 4 nitrogen and oxygen atoms in total. The van der Waals surface area contributed by atoms with Crippen LogP contribution in [0.4, 0.5) is 18.9 Å². The van der Waals surface area contributed by atoms with Gasteiger partial charge in [0.15, 0.2) is 5.60 Å². The molecule has 0 fully saturated rings. The lowest BCUT2D eigenvalue weighted by atomic mass is 9.99. The Hall–Kier alpha value is -1.31. The molecule has 3 N–H and O–H groups in total. The molecule has 1 atom stereocenters. The van der Waals surface area contributed by atoms with E-state index in [-0.39, 0.29) is 12.4 Å². The minimum absolute atomic E-state index is 0. The first kappa shape index (κ1) is 18.7. The molecule has 0 saturated carbocycles. The smallest absolute Gasteiger partial charge is 0.380 e. The third kappa shape index (κ3) is 4.34. The molecule has 8 heteroatoms. The lowest BCUT2D eigenvalue weighted by Crippen LogP contribution is -2.44. The van der Waals surface area contributed by atoms with Crippen molar-refractivity contribution >= 4 is 24.0 Å². The molecule has 0 radical (unpaired) electrons. The number of fused-ring (bicyclic) bond motifs is 1. The van der Waals surface area contributed by atoms with Gasteiger partial charge in [0.05, 0.1) is 6.42 Å². The fourth-order valence-electron chi connectivity index (χ4n) is 2.17. The number of rotatable bonds is 3. The van der Waals surface area contributed by atoms with E-state index in [1.807, 2.05) is 6.07 Å². The molecule has 22 heavy (non-hydrogen) atoms. The number of aliphatic hydroxyl groups is 1. The van der Waals surface area contributed by atoms with Gasteiger partial charge in [-0.05, 0) is 43.1 Å². The second kappa shape index (κ2) is 6.85. The van der Waals surface area contributed by atoms with E-state index in [1.165, 1.54) is 0 Å². The zero-order valence-electron chi connectivity index (χ0n) is 12.0. The first-order valence-corrected chi connectivity index (χ1v) is 6.60. The number of benzene rings is 1. The van der Waals surface area contributed by atoms with E-state index in [0.29, 0.717) is 12.6 Å². The van der Waals surface area contributed by atoms with E-state index in [1.54, 1.807) is 12.1 Å². The summed E-state index contributed by atoms with van der Waals surface area (Å²) in [6, 6.07) is 5.24. The fourth-order valence-corrected chi connectivity index (χ4v) is 2.17. The molecule has 1 aromatic carbocycles. The lowest BCUT2D eigenvalue weighted by molar-refractivity contribution is -0.252. The molecule has 0 saturated heterocycles. The molecule has 1 aliphatic heterocycles. The standard InChI is InChI=1S/C14H17F3N2O2.ClH/c1-13(21,14(15,16)17)7-12(20)19-11-3-2-10-8-18-5-4-9(10)6-11;/h2-3,6,18,21H,4-5,7-8H2,1H3,(H,19,20);1H. The normalized spacial score (nSPS) is 17.0. The number of nitrogens with one attached hydrogen (secondary N) is 2. The highest BCUT2D eigenvalue weighted by Gasteiger charge is 2.50. The summed E-state index contributed by atoms with van der Waals surface area (Å²) >= 11 is 0. The Labute approximate surface area is 132 Å². The van der Waals surface area contributed by atoms with Gasteiger partial charge in [-0.1, -0.05) is 6.07 Å². The molecule has 1 aliphatic rings. The third-order valence-electron chi connectivity index (χ3n) is 3.49. The van der Waals surface area contributed by atoms with Crippen LogP contribution in [0.25, 0.3) is 0 Å². The predicted octanol–water partition coefficient (Wildman–Crippen LogP) is 2.40. The van der Waals surface area contributed by atoms with Crippen molar-refractivity contribution in [1.82, 2.24) is 5.32 Å². The number of hydrogen-bond donors (Lipinski definition) is 3. The first-order valence-electron chi connectivity index (χ1n) is 6.60. The lowest BCUT2D eigenvalue weighted by Gasteiger charge is -2.25. The van der Waals surface area contributed by atoms with E-state index in [9.17, 15) is 23.1 Å². The number of amides is 1. The Bertz CT molecular complexity index is 547. The van der Waals surface area contributed by atoms with Gasteiger partial charge in [0.25, 0.3) is 0 Å². The number of carbonyl (C=O) groups is 1. The van der Waals surface area contributed by atoms with E-state index in [4.69, 9.17) is 0 Å². The van der Waals surface area contributed by atoms with E-state index in [2.05, 4.69) is 10.6 Å². The molecule has 1 aromatic rings. The summed E-state index contributed by atoms with van der Waals surface area (Å²) < 4.78 is 37.6. The van der Waals surface area contributed by atoms with Crippen molar-refractivity contribution in [2.45, 2.75) is 38.1 Å². The van der Waals surface area contributed by atoms with Crippen molar-refractivity contribution in [3.05, 3.63) is 29.3 Å². The highest BCUT2D eigenvalue weighted by atomic mass is 35.5. The van der Waals surface area contributed by atoms with Gasteiger partial charge < -0.3 is 15.7 Å². The van der Waals surface area contributed by atoms with Gasteiger partial charge in [-0.15, -0.1) is 12.4 Å². The van der Waals surface area contributed by atoms with Crippen molar-refractivity contribution in [3.8, 4) is 0 Å². The second-order valence-electron chi connectivity index (χ2n) is 5.41. The van der Waals surface area contributed by atoms with Gasteiger partial charge in [0.1, 0.15) is 0 Å². The molecule has 2 rings (SSSR count). The van der Waals surface area contributed by atoms with Crippen LogP contribution in [0.15, 0.2) is 18.2 Å². The Morgan fingerprint density at radius 2 is 2.05 bits per heavy atom. The van der Waals surface area contributed by atoms with Crippen LogP contribution in [0.1, 0.15) is 24.5 Å². The number of carbonyl (C=O) groups excluding carboxylic acids is 1. The van der Waals surface area contributed by atoms with Gasteiger partial charge in [-0.3, -0.25) is 4.79 Å². The van der Waals surface area contributed by atoms with E-state index < -0.39 is 24.1 Å². The maximum atomic E-state index is 12.5. The second-order valence-corrected chi connectivity index (χ2v) is 5.41. The number of alkyl halides is 3. The van der Waals surface area contributed by atoms with Gasteiger partial charge in [0, 0.05) is 12.2 Å². The largest absolute Gasteiger partial charge is 0.417 e. The van der Waals surface area contributed by atoms with Crippen LogP contribution in [0.5, 0.6) is 0 Å². The Morgan fingerprint density at radius 1 is 1.36 bits per heavy atom. The summed E-state index contributed by atoms with van der Waals surface area (Å²) in [6.45, 7) is 2.16. The zero-order valence-corrected chi connectivity index (χ0v) is 12.8. The Balaban J connectivity index is 0.00000242. The molecular weight excluding hydrogens is 321 g/mol. The predicted molar refractivity (Wildman–Crippen MR) is 79.0 cm³/mol. The summed E-state index contributed by atoms with van der Waals surface area (Å²) in [6.07, 6.45) is -5.07. The van der Waals surface area contributed by atoms with Crippen LogP contribution in [0.2, 0.25) is 0 Å². The van der Waals surface area contributed by atoms with E-state index >= 15 is 0 Å². The highest BCUT2D eigenvalue weighted by molar-refractivity contribution is 5.91. The quantitative estimate of drug-likeness (QED) is 0.793. The first-order chi connectivity index (χ1) is 9.69. The summed E-state index contributed by atoms with van der Waals surface area (Å²) in [4.78, 5) is 11.7. The minimum atomic E-state index is -4.84. The maximum absolute atomic E-state index is 12.5. The summed E-state index contributed by atoms with van der Waals surface area (Å²) in [7, 11) is 0. The van der Waals surface area contributed by atoms with Gasteiger partial charge in [-0.2, -0.15) is 13.2 Å². The molecule has 1 amide bonds. The van der Waals surface area contributed by atoms with Crippen LogP contribution in [0, 0.1) is 0 Å². The average Bonchev–Trinajstić information content (AvgIpc) is 2.36. The summed E-state index contributed by atoms with van der Waals surface area (Å²) in [5.41, 5.74) is -0.413. The van der Waals surface area contributed by atoms with Crippen LogP contribution in [-0.2, 0) is 17.8 Å². The number of anilines is 1. The van der Waals surface area contributed by atoms with Gasteiger partial charge in [0.2, 0.25) is 5.91 Å². The Morgan fingerprint density at radius 3 is 2.68 bits per heavy atom. The van der Waals surface area contributed by atoms with Crippen molar-refractivity contribution in [1.29, 1.82) is 0 Å². The van der Waals surface area contributed by atoms with Crippen LogP contribution < -0.4 is 10.6 Å². The Kier molecular flexibility index (Phi) is 5.83. The summed E-state index contributed by atoms with van der Waals surface area (Å²) in [5, 5.41) is 14.9. The molecule has 1 heterocycles. The van der Waals surface area contributed by atoms with Crippen molar-refractivity contribution in [2.24, 2.45) is 0 Å². The van der Waals surface area contributed by atoms with Crippen LogP contribution in [-0.4, -0.2) is 29.3 Å². The summed E-state index contributed by atoms with van der Waals surface area (Å²) in [5.74, 6) is -0.869. The van der Waals surface area contributed by atoms with Gasteiger partial charge in [-0.25, -0.2) is 0 Å². The van der Waals surface area contributed by atoms with Crippen molar-refractivity contribution < 1.29 is 23.1 Å². The molecule has 0 spiro atoms. The van der Waals surface area contributed by atoms with Crippen LogP contribution in [0.3, 0.4) is 0 Å². The van der Waals surface area contributed by atoms with Crippen molar-refractivity contribution in [3.63, 3.8) is 0 Å². The van der Waals surface area contributed by atoms with E-state index in [0.717, 1.165) is 30.6 Å².